The molecule has 2 rings (SSSR count). The van der Waals surface area contributed by atoms with Crippen LogP contribution in [0.5, 0.6) is 0 Å². The quantitative estimate of drug-likeness (QED) is 0.587. The Kier molecular flexibility index (Phi) is 1.66. The highest BCUT2D eigenvalue weighted by molar-refractivity contribution is 5.29. The van der Waals surface area contributed by atoms with Crippen LogP contribution in [0.25, 0.3) is 0 Å². The molecule has 1 aliphatic rings. The predicted octanol–water partition coefficient (Wildman–Crippen LogP) is 1.34. The van der Waals surface area contributed by atoms with Gasteiger partial charge in [0, 0.05) is 0 Å². The first-order chi connectivity index (χ1) is 5.36. The highest BCUT2D eigenvalue weighted by atomic mass is 16.3. The van der Waals surface area contributed by atoms with Crippen molar-refractivity contribution in [3.63, 3.8) is 0 Å². The molecule has 1 unspecified atom stereocenters. The summed E-state index contributed by atoms with van der Waals surface area (Å²) >= 11 is 0. The molecule has 1 heteroatoms. The van der Waals surface area contributed by atoms with Crippen LogP contribution in [0.15, 0.2) is 18.2 Å². The second kappa shape index (κ2) is 2.67. The number of hydrogen-bond donors (Lipinski definition) is 1. The van der Waals surface area contributed by atoms with Gasteiger partial charge in [0.25, 0.3) is 0 Å². The van der Waals surface area contributed by atoms with E-state index in [2.05, 4.69) is 12.1 Å². The molecule has 1 aliphatic carbocycles. The lowest BCUT2D eigenvalue weighted by Gasteiger charge is -2.19. The molecule has 0 saturated carbocycles. The lowest BCUT2D eigenvalue weighted by Crippen LogP contribution is -2.18. The van der Waals surface area contributed by atoms with Crippen molar-refractivity contribution in [2.45, 2.75) is 25.4 Å². The van der Waals surface area contributed by atoms with Crippen LogP contribution in [-0.4, -0.2) is 11.2 Å². The van der Waals surface area contributed by atoms with Crippen LogP contribution in [0, 0.1) is 6.07 Å². The minimum absolute atomic E-state index is 0.127. The van der Waals surface area contributed by atoms with Gasteiger partial charge in [-0.3, -0.25) is 0 Å². The van der Waals surface area contributed by atoms with Gasteiger partial charge in [0.15, 0.2) is 0 Å². The largest absolute Gasteiger partial charge is 0.393 e. The first kappa shape index (κ1) is 6.86. The third-order valence-corrected chi connectivity index (χ3v) is 2.25. The van der Waals surface area contributed by atoms with E-state index in [1.54, 1.807) is 0 Å². The Bertz CT molecular complexity index is 255. The Morgan fingerprint density at radius 1 is 1.45 bits per heavy atom. The lowest BCUT2D eigenvalue weighted by molar-refractivity contribution is 0.158. The van der Waals surface area contributed by atoms with E-state index in [0.717, 1.165) is 19.3 Å². The molecular weight excluding hydrogens is 136 g/mol. The van der Waals surface area contributed by atoms with Crippen LogP contribution in [0.1, 0.15) is 17.5 Å². The van der Waals surface area contributed by atoms with E-state index in [9.17, 15) is 5.11 Å². The number of hydrogen-bond acceptors (Lipinski definition) is 1. The van der Waals surface area contributed by atoms with Gasteiger partial charge in [-0.05, 0) is 36.5 Å². The van der Waals surface area contributed by atoms with Crippen molar-refractivity contribution in [3.8, 4) is 0 Å². The fourth-order valence-electron chi connectivity index (χ4n) is 1.61. The van der Waals surface area contributed by atoms with Gasteiger partial charge in [-0.2, -0.15) is 0 Å². The molecule has 1 N–H and O–H groups in total. The highest BCUT2D eigenvalue weighted by Crippen LogP contribution is 2.20. The van der Waals surface area contributed by atoms with E-state index >= 15 is 0 Å². The second-order valence-electron chi connectivity index (χ2n) is 3.09. The Morgan fingerprint density at radius 3 is 3.27 bits per heavy atom. The van der Waals surface area contributed by atoms with Gasteiger partial charge in [0.05, 0.1) is 6.10 Å². The Balaban J connectivity index is 2.34. The summed E-state index contributed by atoms with van der Waals surface area (Å²) in [6, 6.07) is 9.05. The molecule has 1 aromatic rings. The summed E-state index contributed by atoms with van der Waals surface area (Å²) in [5, 5.41) is 9.34. The van der Waals surface area contributed by atoms with Crippen molar-refractivity contribution >= 4 is 0 Å². The topological polar surface area (TPSA) is 20.2 Å². The van der Waals surface area contributed by atoms with Crippen LogP contribution >= 0.6 is 0 Å². The van der Waals surface area contributed by atoms with Gasteiger partial charge in [0.2, 0.25) is 0 Å². The SMILES string of the molecule is OC1CCc2cc[c]cc2C1. The third-order valence-electron chi connectivity index (χ3n) is 2.25. The molecule has 0 aliphatic heterocycles. The fraction of sp³-hybridized carbons (Fsp3) is 0.400. The number of benzene rings is 1. The van der Waals surface area contributed by atoms with Crippen LogP contribution in [0.4, 0.5) is 0 Å². The molecule has 1 aromatic carbocycles. The van der Waals surface area contributed by atoms with E-state index < -0.39 is 0 Å². The van der Waals surface area contributed by atoms with Crippen LogP contribution in [0.3, 0.4) is 0 Å². The second-order valence-corrected chi connectivity index (χ2v) is 3.09. The number of aliphatic hydroxyl groups excluding tert-OH is 1. The zero-order valence-corrected chi connectivity index (χ0v) is 6.38. The molecule has 57 valence electrons. The van der Waals surface area contributed by atoms with Gasteiger partial charge in [-0.1, -0.05) is 18.2 Å². The molecule has 0 spiro atoms. The predicted molar refractivity (Wildman–Crippen MR) is 43.3 cm³/mol. The maximum absolute atomic E-state index is 9.34. The summed E-state index contributed by atoms with van der Waals surface area (Å²) in [7, 11) is 0. The summed E-state index contributed by atoms with van der Waals surface area (Å²) in [5.74, 6) is 0. The standard InChI is InChI=1S/C10H11O/c11-10-6-5-8-3-1-2-4-9(8)7-10/h1,3-4,10-11H,5-7H2. The lowest BCUT2D eigenvalue weighted by atomic mass is 9.90. The van der Waals surface area contributed by atoms with Gasteiger partial charge < -0.3 is 5.11 Å². The molecule has 0 aromatic heterocycles. The molecule has 0 saturated heterocycles. The van der Waals surface area contributed by atoms with Gasteiger partial charge in [0.1, 0.15) is 0 Å². The van der Waals surface area contributed by atoms with Crippen molar-refractivity contribution in [1.29, 1.82) is 0 Å². The summed E-state index contributed by atoms with van der Waals surface area (Å²) in [6.07, 6.45) is 2.62. The van der Waals surface area contributed by atoms with Crippen molar-refractivity contribution < 1.29 is 5.11 Å². The summed E-state index contributed by atoms with van der Waals surface area (Å²) in [4.78, 5) is 0. The number of fused-ring (bicyclic) bond motifs is 1. The van der Waals surface area contributed by atoms with Crippen molar-refractivity contribution in [1.82, 2.24) is 0 Å². The Morgan fingerprint density at radius 2 is 2.36 bits per heavy atom. The number of aliphatic hydroxyl groups is 1. The molecule has 0 fully saturated rings. The van der Waals surface area contributed by atoms with Gasteiger partial charge in [-0.25, -0.2) is 0 Å². The smallest absolute Gasteiger partial charge is 0.0583 e. The Hall–Kier alpha value is -0.820. The average molecular weight is 147 g/mol. The minimum Gasteiger partial charge on any atom is -0.393 e. The van der Waals surface area contributed by atoms with E-state index in [0.29, 0.717) is 0 Å². The highest BCUT2D eigenvalue weighted by Gasteiger charge is 2.14. The van der Waals surface area contributed by atoms with Crippen molar-refractivity contribution in [2.24, 2.45) is 0 Å². The molecule has 11 heavy (non-hydrogen) atoms. The van der Waals surface area contributed by atoms with Crippen molar-refractivity contribution in [2.75, 3.05) is 0 Å². The van der Waals surface area contributed by atoms with Crippen LogP contribution in [0.2, 0.25) is 0 Å². The van der Waals surface area contributed by atoms with Crippen LogP contribution < -0.4 is 0 Å². The van der Waals surface area contributed by atoms with Gasteiger partial charge in [-0.15, -0.1) is 0 Å². The molecule has 1 radical (unpaired) electrons. The van der Waals surface area contributed by atoms with E-state index in [-0.39, 0.29) is 6.10 Å². The maximum atomic E-state index is 9.34. The number of rotatable bonds is 0. The van der Waals surface area contributed by atoms with Gasteiger partial charge >= 0.3 is 0 Å². The molecule has 1 atom stereocenters. The molecular formula is C10H11O. The summed E-state index contributed by atoms with van der Waals surface area (Å²) in [5.41, 5.74) is 2.65. The van der Waals surface area contributed by atoms with E-state index in [1.807, 2.05) is 12.1 Å². The molecule has 0 heterocycles. The van der Waals surface area contributed by atoms with E-state index in [4.69, 9.17) is 0 Å². The molecule has 0 amide bonds. The van der Waals surface area contributed by atoms with Crippen molar-refractivity contribution in [3.05, 3.63) is 35.4 Å². The fourth-order valence-corrected chi connectivity index (χ4v) is 1.61. The zero-order valence-electron chi connectivity index (χ0n) is 6.38. The summed E-state index contributed by atoms with van der Waals surface area (Å²) < 4.78 is 0. The average Bonchev–Trinajstić information content (AvgIpc) is 2.04. The first-order valence-corrected chi connectivity index (χ1v) is 4.02. The molecule has 0 bridgehead atoms. The number of aryl methyl sites for hydroxylation is 1. The molecule has 1 nitrogen and oxygen atoms in total. The van der Waals surface area contributed by atoms with Crippen LogP contribution in [-0.2, 0) is 12.8 Å². The normalized spacial score (nSPS) is 22.8. The summed E-state index contributed by atoms with van der Waals surface area (Å²) in [6.45, 7) is 0. The Labute approximate surface area is 66.7 Å². The monoisotopic (exact) mass is 147 g/mol. The minimum atomic E-state index is -0.127. The first-order valence-electron chi connectivity index (χ1n) is 4.02. The third kappa shape index (κ3) is 1.29. The maximum Gasteiger partial charge on any atom is 0.0583 e. The van der Waals surface area contributed by atoms with E-state index in [1.165, 1.54) is 11.1 Å². The zero-order chi connectivity index (χ0) is 7.68.